The van der Waals surface area contributed by atoms with Gasteiger partial charge in [-0.3, -0.25) is 14.2 Å². The standard InChI is InChI=1S/C39H44FN9O4/c1-22-13-33(50)49(27-5-6-30(40)28(17-27)35(51)42-26-3-4-26)34-29(22)21-41-37(45-34)43-31-7-8-32(44-36(31)53-2)47-9-11-48(12-10-47)38(52)46-39-18-23-14-24(19-39)16-25(15-23)20-39/h5-8,13,17,21,23-26H,3-4,9-12,14-16,18-20H2,1-2H3,(H,42,51)(H,46,52)(H,41,43,45). The number of urea groups is 1. The van der Waals surface area contributed by atoms with Gasteiger partial charge in [-0.05, 0) is 112 Å². The van der Waals surface area contributed by atoms with Gasteiger partial charge in [-0.1, -0.05) is 0 Å². The molecule has 4 heterocycles. The molecule has 0 atom stereocenters. The minimum Gasteiger partial charge on any atom is -0.479 e. The van der Waals surface area contributed by atoms with Gasteiger partial charge in [0.05, 0.1) is 18.4 Å². The molecule has 5 saturated carbocycles. The molecule has 6 fully saturated rings. The van der Waals surface area contributed by atoms with Crippen LogP contribution in [0.3, 0.4) is 0 Å². The molecule has 0 unspecified atom stereocenters. The van der Waals surface area contributed by atoms with Crippen LogP contribution >= 0.6 is 0 Å². The number of pyridine rings is 2. The van der Waals surface area contributed by atoms with Crippen LogP contribution in [0.2, 0.25) is 0 Å². The number of aromatic nitrogens is 4. The summed E-state index contributed by atoms with van der Waals surface area (Å²) in [4.78, 5) is 57.7. The zero-order chi connectivity index (χ0) is 36.4. The number of methoxy groups -OCH3 is 1. The number of hydrogen-bond donors (Lipinski definition) is 3. The van der Waals surface area contributed by atoms with Gasteiger partial charge in [0, 0.05) is 55.4 Å². The maximum absolute atomic E-state index is 14.8. The molecule has 13 nitrogen and oxygen atoms in total. The zero-order valence-electron chi connectivity index (χ0n) is 30.0. The molecule has 1 saturated heterocycles. The van der Waals surface area contributed by atoms with Gasteiger partial charge in [-0.2, -0.15) is 9.97 Å². The van der Waals surface area contributed by atoms with Gasteiger partial charge in [-0.25, -0.2) is 14.2 Å². The fourth-order valence-electron chi connectivity index (χ4n) is 9.57. The molecule has 53 heavy (non-hydrogen) atoms. The molecule has 1 aliphatic heterocycles. The van der Waals surface area contributed by atoms with Crippen LogP contribution in [-0.2, 0) is 0 Å². The van der Waals surface area contributed by atoms with E-state index in [1.54, 1.807) is 13.1 Å². The first-order valence-electron chi connectivity index (χ1n) is 18.8. The van der Waals surface area contributed by atoms with Crippen LogP contribution in [0.25, 0.3) is 16.7 Å². The Hall–Kier alpha value is -5.27. The molecule has 1 aromatic carbocycles. The van der Waals surface area contributed by atoms with E-state index in [0.717, 1.165) is 55.7 Å². The number of carbonyl (C=O) groups excluding carboxylic acids is 2. The number of carbonyl (C=O) groups is 2. The molecule has 14 heteroatoms. The van der Waals surface area contributed by atoms with Crippen molar-refractivity contribution in [3.63, 3.8) is 0 Å². The first-order valence-corrected chi connectivity index (χ1v) is 18.8. The highest BCUT2D eigenvalue weighted by molar-refractivity contribution is 5.95. The van der Waals surface area contributed by atoms with E-state index in [4.69, 9.17) is 14.7 Å². The molecule has 276 valence electrons. The maximum Gasteiger partial charge on any atom is 0.317 e. The third-order valence-corrected chi connectivity index (χ3v) is 11.9. The van der Waals surface area contributed by atoms with Crippen molar-refractivity contribution in [3.8, 4) is 11.6 Å². The fourth-order valence-corrected chi connectivity index (χ4v) is 9.57. The van der Waals surface area contributed by atoms with Crippen LogP contribution in [0.4, 0.5) is 26.6 Å². The Morgan fingerprint density at radius 1 is 0.943 bits per heavy atom. The van der Waals surface area contributed by atoms with E-state index in [1.165, 1.54) is 55.2 Å². The van der Waals surface area contributed by atoms with Crippen LogP contribution in [-0.4, -0.2) is 81.2 Å². The Bertz CT molecular complexity index is 2140. The second kappa shape index (κ2) is 13.0. The fraction of sp³-hybridized carbons (Fsp3) is 0.487. The van der Waals surface area contributed by atoms with Crippen molar-refractivity contribution in [2.75, 3.05) is 43.5 Å². The molecule has 0 spiro atoms. The third-order valence-electron chi connectivity index (χ3n) is 11.9. The van der Waals surface area contributed by atoms with Crippen molar-refractivity contribution in [1.29, 1.82) is 0 Å². The van der Waals surface area contributed by atoms with Gasteiger partial charge in [0.15, 0.2) is 5.65 Å². The lowest BCUT2D eigenvalue weighted by Gasteiger charge is -2.57. The number of benzene rings is 1. The largest absolute Gasteiger partial charge is 0.479 e. The molecule has 10 rings (SSSR count). The molecule has 3 amide bonds. The van der Waals surface area contributed by atoms with Crippen LogP contribution in [0.15, 0.2) is 47.4 Å². The van der Waals surface area contributed by atoms with Gasteiger partial charge < -0.3 is 30.5 Å². The summed E-state index contributed by atoms with van der Waals surface area (Å²) in [6.45, 7) is 4.30. The van der Waals surface area contributed by atoms with E-state index in [2.05, 4.69) is 25.8 Å². The van der Waals surface area contributed by atoms with E-state index in [9.17, 15) is 18.8 Å². The molecular formula is C39H44FN9O4. The number of halogens is 1. The summed E-state index contributed by atoms with van der Waals surface area (Å²) >= 11 is 0. The Kier molecular flexibility index (Phi) is 8.23. The Morgan fingerprint density at radius 2 is 1.66 bits per heavy atom. The summed E-state index contributed by atoms with van der Waals surface area (Å²) in [5, 5.41) is 10.1. The Morgan fingerprint density at radius 3 is 2.34 bits per heavy atom. The van der Waals surface area contributed by atoms with Gasteiger partial charge in [0.25, 0.3) is 11.5 Å². The van der Waals surface area contributed by atoms with Crippen molar-refractivity contribution >= 4 is 40.4 Å². The van der Waals surface area contributed by atoms with E-state index in [-0.39, 0.29) is 34.7 Å². The number of fused-ring (bicyclic) bond motifs is 1. The summed E-state index contributed by atoms with van der Waals surface area (Å²) in [7, 11) is 1.54. The summed E-state index contributed by atoms with van der Waals surface area (Å²) in [6.07, 6.45) is 10.8. The number of ether oxygens (including phenoxy) is 1. The Labute approximate surface area is 306 Å². The molecule has 5 aliphatic carbocycles. The summed E-state index contributed by atoms with van der Waals surface area (Å²) in [5.41, 5.74) is 1.27. The van der Waals surface area contributed by atoms with Crippen molar-refractivity contribution in [3.05, 3.63) is 69.9 Å². The van der Waals surface area contributed by atoms with Crippen molar-refractivity contribution in [2.45, 2.75) is 69.9 Å². The van der Waals surface area contributed by atoms with Crippen LogP contribution in [0, 0.1) is 30.5 Å². The lowest BCUT2D eigenvalue weighted by molar-refractivity contribution is -0.0157. The SMILES string of the molecule is COc1nc(N2CCN(C(=O)NC34CC5CC(CC(C5)C3)C4)CC2)ccc1Nc1ncc2c(C)cc(=O)n(-c3ccc(F)c(C(=O)NC4CC4)c3)c2n1. The molecule has 4 bridgehead atoms. The van der Waals surface area contributed by atoms with Crippen molar-refractivity contribution < 1.29 is 18.7 Å². The topological polar surface area (TPSA) is 147 Å². The third kappa shape index (κ3) is 6.41. The number of anilines is 3. The Balaban J connectivity index is 0.910. The molecule has 3 aromatic heterocycles. The smallest absolute Gasteiger partial charge is 0.317 e. The molecule has 3 N–H and O–H groups in total. The number of aryl methyl sites for hydroxylation is 1. The quantitative estimate of drug-likeness (QED) is 0.227. The lowest BCUT2D eigenvalue weighted by atomic mass is 9.53. The normalized spacial score (nSPS) is 24.7. The monoisotopic (exact) mass is 721 g/mol. The predicted molar refractivity (Wildman–Crippen MR) is 198 cm³/mol. The van der Waals surface area contributed by atoms with Crippen molar-refractivity contribution in [2.24, 2.45) is 17.8 Å². The molecule has 0 radical (unpaired) electrons. The summed E-state index contributed by atoms with van der Waals surface area (Å²) < 4.78 is 21.8. The highest BCUT2D eigenvalue weighted by Gasteiger charge is 2.52. The molecule has 4 aromatic rings. The lowest BCUT2D eigenvalue weighted by Crippen LogP contribution is -2.63. The number of nitrogens with one attached hydrogen (secondary N) is 3. The summed E-state index contributed by atoms with van der Waals surface area (Å²) in [5.74, 6) is 2.40. The molecular weight excluding hydrogens is 677 g/mol. The maximum atomic E-state index is 14.8. The van der Waals surface area contributed by atoms with E-state index in [1.807, 2.05) is 17.0 Å². The average Bonchev–Trinajstić information content (AvgIpc) is 3.95. The molecule has 6 aliphatic rings. The first-order chi connectivity index (χ1) is 25.6. The number of amides is 3. The summed E-state index contributed by atoms with van der Waals surface area (Å²) in [6, 6.07) is 9.33. The minimum atomic E-state index is -0.670. The predicted octanol–water partition coefficient (Wildman–Crippen LogP) is 5.07. The zero-order valence-corrected chi connectivity index (χ0v) is 30.0. The van der Waals surface area contributed by atoms with Crippen molar-refractivity contribution in [1.82, 2.24) is 35.1 Å². The van der Waals surface area contributed by atoms with E-state index in [0.29, 0.717) is 60.0 Å². The highest BCUT2D eigenvalue weighted by atomic mass is 19.1. The first kappa shape index (κ1) is 33.6. The second-order valence-electron chi connectivity index (χ2n) is 15.8. The van der Waals surface area contributed by atoms with E-state index < -0.39 is 11.7 Å². The number of rotatable bonds is 8. The van der Waals surface area contributed by atoms with Gasteiger partial charge in [0.2, 0.25) is 11.8 Å². The van der Waals surface area contributed by atoms with Gasteiger partial charge >= 0.3 is 6.03 Å². The second-order valence-corrected chi connectivity index (χ2v) is 15.8. The minimum absolute atomic E-state index is 0.0104. The van der Waals surface area contributed by atoms with Crippen LogP contribution in [0.1, 0.15) is 67.3 Å². The number of piperazine rings is 1. The van der Waals surface area contributed by atoms with Gasteiger partial charge in [0.1, 0.15) is 17.3 Å². The van der Waals surface area contributed by atoms with Crippen LogP contribution < -0.4 is 31.1 Å². The number of hydrogen-bond acceptors (Lipinski definition) is 9. The average molecular weight is 722 g/mol. The highest BCUT2D eigenvalue weighted by Crippen LogP contribution is 2.55. The van der Waals surface area contributed by atoms with Gasteiger partial charge in [-0.15, -0.1) is 0 Å². The van der Waals surface area contributed by atoms with Crippen LogP contribution in [0.5, 0.6) is 5.88 Å². The number of nitrogens with zero attached hydrogens (tertiary/aromatic N) is 6. The van der Waals surface area contributed by atoms with E-state index >= 15 is 0 Å².